The zero-order valence-electron chi connectivity index (χ0n) is 11.3. The molecule has 1 saturated heterocycles. The lowest BCUT2D eigenvalue weighted by molar-refractivity contribution is 0.0714. The van der Waals surface area contributed by atoms with Gasteiger partial charge in [0.15, 0.2) is 0 Å². The van der Waals surface area contributed by atoms with Crippen molar-refractivity contribution < 1.29 is 0 Å². The van der Waals surface area contributed by atoms with Crippen molar-refractivity contribution in [1.29, 1.82) is 0 Å². The molecule has 2 N–H and O–H groups in total. The van der Waals surface area contributed by atoms with Gasteiger partial charge in [-0.1, -0.05) is 26.2 Å². The van der Waals surface area contributed by atoms with Crippen molar-refractivity contribution in [3.05, 3.63) is 0 Å². The monoisotopic (exact) mass is 236 g/mol. The van der Waals surface area contributed by atoms with Crippen molar-refractivity contribution in [3.63, 3.8) is 0 Å². The molecule has 3 aliphatic rings. The first kappa shape index (κ1) is 12.0. The molecule has 17 heavy (non-hydrogen) atoms. The lowest BCUT2D eigenvalue weighted by Crippen LogP contribution is -2.55. The third-order valence-electron chi connectivity index (χ3n) is 6.12. The average Bonchev–Trinajstić information content (AvgIpc) is 3.01. The van der Waals surface area contributed by atoms with Gasteiger partial charge in [-0.15, -0.1) is 0 Å². The highest BCUT2D eigenvalue weighted by atomic mass is 15.2. The second-order valence-corrected chi connectivity index (χ2v) is 6.66. The maximum Gasteiger partial charge on any atom is 0.0359 e. The van der Waals surface area contributed by atoms with E-state index in [1.807, 2.05) is 0 Å². The molecule has 0 radical (unpaired) electrons. The van der Waals surface area contributed by atoms with Crippen molar-refractivity contribution in [1.82, 2.24) is 4.90 Å². The van der Waals surface area contributed by atoms with Gasteiger partial charge in [-0.25, -0.2) is 0 Å². The van der Waals surface area contributed by atoms with Crippen molar-refractivity contribution in [2.45, 2.75) is 57.4 Å². The molecule has 0 amide bonds. The van der Waals surface area contributed by atoms with E-state index in [2.05, 4.69) is 11.8 Å². The van der Waals surface area contributed by atoms with E-state index in [0.717, 1.165) is 24.3 Å². The number of likely N-dealkylation sites (tertiary alicyclic amines) is 1. The summed E-state index contributed by atoms with van der Waals surface area (Å²) >= 11 is 0. The van der Waals surface area contributed by atoms with Crippen LogP contribution in [0, 0.1) is 17.8 Å². The lowest BCUT2D eigenvalue weighted by atomic mass is 9.83. The van der Waals surface area contributed by atoms with Crippen LogP contribution in [0.1, 0.15) is 51.9 Å². The number of rotatable bonds is 3. The summed E-state index contributed by atoms with van der Waals surface area (Å²) in [7, 11) is 0. The van der Waals surface area contributed by atoms with E-state index in [-0.39, 0.29) is 0 Å². The van der Waals surface area contributed by atoms with Gasteiger partial charge >= 0.3 is 0 Å². The molecular formula is C15H28N2. The summed E-state index contributed by atoms with van der Waals surface area (Å²) in [5.74, 6) is 2.89. The first-order valence-electron chi connectivity index (χ1n) is 7.75. The zero-order valence-corrected chi connectivity index (χ0v) is 11.3. The number of hydrogen-bond donors (Lipinski definition) is 1. The zero-order chi connectivity index (χ0) is 11.9. The summed E-state index contributed by atoms with van der Waals surface area (Å²) in [5, 5.41) is 0. The molecule has 0 spiro atoms. The van der Waals surface area contributed by atoms with E-state index in [1.54, 1.807) is 0 Å². The topological polar surface area (TPSA) is 29.3 Å². The summed E-state index contributed by atoms with van der Waals surface area (Å²) < 4.78 is 0. The normalized spacial score (nSPS) is 46.6. The van der Waals surface area contributed by atoms with Crippen LogP contribution in [0.2, 0.25) is 0 Å². The molecule has 0 bridgehead atoms. The Balaban J connectivity index is 1.77. The average molecular weight is 236 g/mol. The fraction of sp³-hybridized carbons (Fsp3) is 1.00. The van der Waals surface area contributed by atoms with Crippen LogP contribution in [0.4, 0.5) is 0 Å². The molecule has 98 valence electrons. The van der Waals surface area contributed by atoms with Crippen molar-refractivity contribution >= 4 is 0 Å². The van der Waals surface area contributed by atoms with Gasteiger partial charge in [0.1, 0.15) is 0 Å². The van der Waals surface area contributed by atoms with Gasteiger partial charge in [-0.05, 0) is 43.4 Å². The molecule has 4 unspecified atom stereocenters. The summed E-state index contributed by atoms with van der Waals surface area (Å²) in [4.78, 5) is 2.82. The molecule has 0 aromatic heterocycles. The van der Waals surface area contributed by atoms with Crippen LogP contribution < -0.4 is 5.73 Å². The Labute approximate surface area is 106 Å². The molecule has 2 nitrogen and oxygen atoms in total. The number of nitrogens with two attached hydrogens (primary N) is 1. The fourth-order valence-electron chi connectivity index (χ4n) is 5.12. The molecule has 3 rings (SSSR count). The highest BCUT2D eigenvalue weighted by Crippen LogP contribution is 2.47. The van der Waals surface area contributed by atoms with E-state index in [0.29, 0.717) is 5.54 Å². The van der Waals surface area contributed by atoms with E-state index in [9.17, 15) is 0 Å². The second-order valence-electron chi connectivity index (χ2n) is 6.66. The van der Waals surface area contributed by atoms with Crippen LogP contribution in [0.3, 0.4) is 0 Å². The second kappa shape index (κ2) is 4.55. The third-order valence-corrected chi connectivity index (χ3v) is 6.12. The molecule has 1 heterocycles. The predicted molar refractivity (Wildman–Crippen MR) is 71.8 cm³/mol. The van der Waals surface area contributed by atoms with E-state index < -0.39 is 0 Å². The highest BCUT2D eigenvalue weighted by molar-refractivity contribution is 5.05. The maximum atomic E-state index is 6.22. The Morgan fingerprint density at radius 3 is 2.41 bits per heavy atom. The molecule has 2 aliphatic carbocycles. The number of nitrogens with zero attached hydrogens (tertiary/aromatic N) is 1. The quantitative estimate of drug-likeness (QED) is 0.816. The number of fused-ring (bicyclic) bond motifs is 1. The minimum atomic E-state index is 0.388. The maximum absolute atomic E-state index is 6.22. The minimum Gasteiger partial charge on any atom is -0.329 e. The van der Waals surface area contributed by atoms with Gasteiger partial charge in [0.2, 0.25) is 0 Å². The molecule has 1 aliphatic heterocycles. The van der Waals surface area contributed by atoms with E-state index in [4.69, 9.17) is 5.73 Å². The van der Waals surface area contributed by atoms with Gasteiger partial charge in [-0.3, -0.25) is 4.90 Å². The van der Waals surface area contributed by atoms with Gasteiger partial charge in [-0.2, -0.15) is 0 Å². The van der Waals surface area contributed by atoms with Gasteiger partial charge in [0.25, 0.3) is 0 Å². The summed E-state index contributed by atoms with van der Waals surface area (Å²) in [6.07, 6.45) is 9.96. The Bertz CT molecular complexity index is 266. The molecule has 0 aromatic rings. The van der Waals surface area contributed by atoms with E-state index >= 15 is 0 Å². The Hall–Kier alpha value is -0.0800. The predicted octanol–water partition coefficient (Wildman–Crippen LogP) is 2.63. The fourth-order valence-corrected chi connectivity index (χ4v) is 5.12. The molecule has 4 atom stereocenters. The Kier molecular flexibility index (Phi) is 3.20. The first-order valence-corrected chi connectivity index (χ1v) is 7.75. The Morgan fingerprint density at radius 1 is 1.12 bits per heavy atom. The molecule has 3 fully saturated rings. The standard InChI is InChI=1S/C15H28N2/c1-2-14-7-4-8-15(14,11-16)17-9-12-5-3-6-13(12)10-17/h12-14H,2-11,16H2,1H3. The van der Waals surface area contributed by atoms with Crippen LogP contribution >= 0.6 is 0 Å². The summed E-state index contributed by atoms with van der Waals surface area (Å²) in [6, 6.07) is 0. The Morgan fingerprint density at radius 2 is 1.82 bits per heavy atom. The van der Waals surface area contributed by atoms with Crippen molar-refractivity contribution in [2.75, 3.05) is 19.6 Å². The molecule has 2 heteroatoms. The van der Waals surface area contributed by atoms with Crippen LogP contribution in [0.15, 0.2) is 0 Å². The first-order chi connectivity index (χ1) is 8.30. The molecule has 0 aromatic carbocycles. The number of hydrogen-bond acceptors (Lipinski definition) is 2. The molecular weight excluding hydrogens is 208 g/mol. The SMILES string of the molecule is CCC1CCCC1(CN)N1CC2CCCC2C1. The van der Waals surface area contributed by atoms with Gasteiger partial charge in [0, 0.05) is 25.2 Å². The molecule has 2 saturated carbocycles. The van der Waals surface area contributed by atoms with Crippen LogP contribution in [-0.2, 0) is 0 Å². The van der Waals surface area contributed by atoms with Crippen LogP contribution in [0.5, 0.6) is 0 Å². The van der Waals surface area contributed by atoms with Crippen LogP contribution in [0.25, 0.3) is 0 Å². The van der Waals surface area contributed by atoms with Crippen molar-refractivity contribution in [3.8, 4) is 0 Å². The van der Waals surface area contributed by atoms with Crippen LogP contribution in [-0.4, -0.2) is 30.1 Å². The van der Waals surface area contributed by atoms with Gasteiger partial charge < -0.3 is 5.73 Å². The van der Waals surface area contributed by atoms with Crippen molar-refractivity contribution in [2.24, 2.45) is 23.5 Å². The highest BCUT2D eigenvalue weighted by Gasteiger charge is 2.50. The smallest absolute Gasteiger partial charge is 0.0359 e. The van der Waals surface area contributed by atoms with E-state index in [1.165, 1.54) is 58.0 Å². The summed E-state index contributed by atoms with van der Waals surface area (Å²) in [6.45, 7) is 5.97. The third kappa shape index (κ3) is 1.76. The van der Waals surface area contributed by atoms with Gasteiger partial charge in [0.05, 0.1) is 0 Å². The summed E-state index contributed by atoms with van der Waals surface area (Å²) in [5.41, 5.74) is 6.61. The lowest BCUT2D eigenvalue weighted by Gasteiger charge is -2.43. The minimum absolute atomic E-state index is 0.388. The largest absolute Gasteiger partial charge is 0.329 e.